The van der Waals surface area contributed by atoms with Crippen LogP contribution < -0.4 is 0 Å². The Bertz CT molecular complexity index is 1450. The summed E-state index contributed by atoms with van der Waals surface area (Å²) in [6, 6.07) is 23.8. The van der Waals surface area contributed by atoms with Gasteiger partial charge >= 0.3 is 5.97 Å². The highest BCUT2D eigenvalue weighted by atomic mass is 35.5. The third kappa shape index (κ3) is 7.22. The Hall–Kier alpha value is -3.52. The van der Waals surface area contributed by atoms with Crippen LogP contribution in [0.5, 0.6) is 0 Å². The van der Waals surface area contributed by atoms with Crippen molar-refractivity contribution in [2.24, 2.45) is 11.3 Å². The summed E-state index contributed by atoms with van der Waals surface area (Å²) in [5.74, 6) is 0.704. The number of ether oxygens (including phenoxy) is 1. The molecule has 1 aromatic heterocycles. The Morgan fingerprint density at radius 2 is 1.73 bits per heavy atom. The van der Waals surface area contributed by atoms with Crippen LogP contribution >= 0.6 is 11.6 Å². The van der Waals surface area contributed by atoms with E-state index in [0.717, 1.165) is 40.8 Å². The molecule has 8 heteroatoms. The number of benzene rings is 3. The smallest absolute Gasteiger partial charge is 0.312 e. The average molecular weight is 574 g/mol. The van der Waals surface area contributed by atoms with Crippen LogP contribution in [0.25, 0.3) is 22.8 Å². The molecule has 1 N–H and O–H groups in total. The molecule has 1 aliphatic rings. The van der Waals surface area contributed by atoms with E-state index in [9.17, 15) is 9.90 Å². The van der Waals surface area contributed by atoms with Gasteiger partial charge in [0, 0.05) is 22.7 Å². The highest BCUT2D eigenvalue weighted by Gasteiger charge is 2.41. The van der Waals surface area contributed by atoms with Gasteiger partial charge in [-0.05, 0) is 67.1 Å². The molecule has 5 rings (SSSR count). The summed E-state index contributed by atoms with van der Waals surface area (Å²) in [4.78, 5) is 19.1. The van der Waals surface area contributed by atoms with Gasteiger partial charge in [0.15, 0.2) is 0 Å². The van der Waals surface area contributed by atoms with Gasteiger partial charge in [0.25, 0.3) is 5.89 Å². The maximum atomic E-state index is 12.2. The molecule has 41 heavy (non-hydrogen) atoms. The van der Waals surface area contributed by atoms with Crippen molar-refractivity contribution in [2.75, 3.05) is 19.7 Å². The summed E-state index contributed by atoms with van der Waals surface area (Å²) < 4.78 is 11.4. The Morgan fingerprint density at radius 1 is 1.02 bits per heavy atom. The lowest BCUT2D eigenvalue weighted by Gasteiger charge is -2.38. The van der Waals surface area contributed by atoms with E-state index in [1.54, 1.807) is 0 Å². The lowest BCUT2D eigenvalue weighted by molar-refractivity contribution is -0.157. The van der Waals surface area contributed by atoms with Crippen LogP contribution in [0.15, 0.2) is 77.3 Å². The van der Waals surface area contributed by atoms with Crippen LogP contribution in [0, 0.1) is 11.3 Å². The zero-order valence-corrected chi connectivity index (χ0v) is 24.3. The monoisotopic (exact) mass is 573 g/mol. The van der Waals surface area contributed by atoms with Crippen LogP contribution in [0.2, 0.25) is 5.02 Å². The SMILES string of the molecule is CC(C)Cc1ccc(-c2nc(-c3ccc(CN4CCC(COCc5ccccc5)(C(=O)O)CC4)cc3)no2)cc1Cl. The number of carboxylic acid groups (broad SMARTS) is 1. The van der Waals surface area contributed by atoms with E-state index >= 15 is 0 Å². The highest BCUT2D eigenvalue weighted by Crippen LogP contribution is 2.34. The number of aliphatic carboxylic acids is 1. The minimum Gasteiger partial charge on any atom is -0.481 e. The van der Waals surface area contributed by atoms with Crippen molar-refractivity contribution < 1.29 is 19.2 Å². The zero-order valence-electron chi connectivity index (χ0n) is 23.6. The van der Waals surface area contributed by atoms with Crippen LogP contribution in [0.3, 0.4) is 0 Å². The molecule has 3 aromatic carbocycles. The number of nitrogens with zero attached hydrogens (tertiary/aromatic N) is 3. The molecule has 2 heterocycles. The standard InChI is InChI=1S/C33H36ClN3O4/c1-23(2)18-27-12-13-28(19-29(27)34)31-35-30(36-41-31)26-10-8-24(9-11-26)20-37-16-14-33(15-17-37,32(38)39)22-40-21-25-6-4-3-5-7-25/h3-13,19,23H,14-18,20-22H2,1-2H3,(H,38,39). The molecule has 1 saturated heterocycles. The van der Waals surface area contributed by atoms with Gasteiger partial charge in [0.05, 0.1) is 18.6 Å². The second kappa shape index (κ2) is 13.0. The van der Waals surface area contributed by atoms with Crippen LogP contribution in [-0.2, 0) is 29.1 Å². The number of rotatable bonds is 11. The first-order valence-corrected chi connectivity index (χ1v) is 14.5. The Labute approximate surface area is 246 Å². The number of hydrogen-bond donors (Lipinski definition) is 1. The predicted octanol–water partition coefficient (Wildman–Crippen LogP) is 7.14. The molecular weight excluding hydrogens is 538 g/mol. The summed E-state index contributed by atoms with van der Waals surface area (Å²) >= 11 is 6.49. The van der Waals surface area contributed by atoms with Crippen LogP contribution in [-0.4, -0.2) is 45.8 Å². The second-order valence-electron chi connectivity index (χ2n) is 11.4. The van der Waals surface area contributed by atoms with Gasteiger partial charge in [-0.2, -0.15) is 4.98 Å². The summed E-state index contributed by atoms with van der Waals surface area (Å²) in [6.45, 7) is 7.14. The normalized spacial score (nSPS) is 15.3. The predicted molar refractivity (Wildman–Crippen MR) is 159 cm³/mol. The van der Waals surface area contributed by atoms with Gasteiger partial charge in [-0.15, -0.1) is 0 Å². The molecular formula is C33H36ClN3O4. The molecule has 1 fully saturated rings. The summed E-state index contributed by atoms with van der Waals surface area (Å²) in [5.41, 5.74) is 4.12. The van der Waals surface area contributed by atoms with Crippen molar-refractivity contribution in [3.05, 3.63) is 94.5 Å². The number of aromatic nitrogens is 2. The number of carboxylic acids is 1. The number of hydrogen-bond acceptors (Lipinski definition) is 6. The van der Waals surface area contributed by atoms with E-state index in [0.29, 0.717) is 55.2 Å². The minimum atomic E-state index is -0.843. The second-order valence-corrected chi connectivity index (χ2v) is 11.8. The number of piperidine rings is 1. The van der Waals surface area contributed by atoms with E-state index in [1.807, 2.05) is 60.7 Å². The fraction of sp³-hybridized carbons (Fsp3) is 0.364. The molecule has 0 bridgehead atoms. The fourth-order valence-corrected chi connectivity index (χ4v) is 5.52. The molecule has 0 amide bonds. The van der Waals surface area contributed by atoms with E-state index in [2.05, 4.69) is 41.0 Å². The maximum Gasteiger partial charge on any atom is 0.312 e. The molecule has 4 aromatic rings. The zero-order chi connectivity index (χ0) is 28.8. The van der Waals surface area contributed by atoms with Crippen molar-refractivity contribution in [1.82, 2.24) is 15.0 Å². The van der Waals surface area contributed by atoms with E-state index in [4.69, 9.17) is 20.9 Å². The van der Waals surface area contributed by atoms with Crippen molar-refractivity contribution in [2.45, 2.75) is 46.3 Å². The number of likely N-dealkylation sites (tertiary alicyclic amines) is 1. The lowest BCUT2D eigenvalue weighted by Crippen LogP contribution is -2.46. The van der Waals surface area contributed by atoms with Gasteiger partial charge in [0.1, 0.15) is 0 Å². The van der Waals surface area contributed by atoms with Crippen molar-refractivity contribution in [1.29, 1.82) is 0 Å². The fourth-order valence-electron chi connectivity index (χ4n) is 5.26. The van der Waals surface area contributed by atoms with Crippen molar-refractivity contribution in [3.63, 3.8) is 0 Å². The summed E-state index contributed by atoms with van der Waals surface area (Å²) in [6.07, 6.45) is 2.04. The maximum absolute atomic E-state index is 12.2. The largest absolute Gasteiger partial charge is 0.481 e. The molecule has 1 aliphatic heterocycles. The van der Waals surface area contributed by atoms with Crippen LogP contribution in [0.1, 0.15) is 43.4 Å². The first-order valence-electron chi connectivity index (χ1n) is 14.1. The molecule has 0 atom stereocenters. The van der Waals surface area contributed by atoms with E-state index < -0.39 is 11.4 Å². The molecule has 7 nitrogen and oxygen atoms in total. The van der Waals surface area contributed by atoms with Gasteiger partial charge in [-0.3, -0.25) is 9.69 Å². The molecule has 0 unspecified atom stereocenters. The quantitative estimate of drug-likeness (QED) is 0.204. The molecule has 0 radical (unpaired) electrons. The Kier molecular flexibility index (Phi) is 9.18. The Morgan fingerprint density at radius 3 is 2.39 bits per heavy atom. The molecule has 214 valence electrons. The van der Waals surface area contributed by atoms with Gasteiger partial charge in [-0.1, -0.05) is 91.3 Å². The first-order chi connectivity index (χ1) is 19.8. The number of carbonyl (C=O) groups is 1. The average Bonchev–Trinajstić information content (AvgIpc) is 3.46. The first kappa shape index (κ1) is 29.0. The summed E-state index contributed by atoms with van der Waals surface area (Å²) in [7, 11) is 0. The summed E-state index contributed by atoms with van der Waals surface area (Å²) in [5, 5.41) is 14.9. The van der Waals surface area contributed by atoms with E-state index in [1.165, 1.54) is 0 Å². The van der Waals surface area contributed by atoms with Gasteiger partial charge in [-0.25, -0.2) is 0 Å². The molecule has 0 saturated carbocycles. The highest BCUT2D eigenvalue weighted by molar-refractivity contribution is 6.31. The number of halogens is 1. The topological polar surface area (TPSA) is 88.7 Å². The third-order valence-corrected chi connectivity index (χ3v) is 8.08. The molecule has 0 aliphatic carbocycles. The lowest BCUT2D eigenvalue weighted by atomic mass is 9.79. The van der Waals surface area contributed by atoms with Crippen LogP contribution in [0.4, 0.5) is 0 Å². The van der Waals surface area contributed by atoms with Gasteiger partial charge < -0.3 is 14.4 Å². The van der Waals surface area contributed by atoms with Crippen molar-refractivity contribution in [3.8, 4) is 22.8 Å². The van der Waals surface area contributed by atoms with Gasteiger partial charge in [0.2, 0.25) is 5.82 Å². The minimum absolute atomic E-state index is 0.223. The van der Waals surface area contributed by atoms with Crippen molar-refractivity contribution >= 4 is 17.6 Å². The third-order valence-electron chi connectivity index (χ3n) is 7.73. The molecule has 0 spiro atoms. The Balaban J connectivity index is 1.15. The van der Waals surface area contributed by atoms with E-state index in [-0.39, 0.29) is 6.61 Å².